The van der Waals surface area contributed by atoms with Crippen LogP contribution in [0, 0.1) is 0 Å². The van der Waals surface area contributed by atoms with Gasteiger partial charge in [-0.05, 0) is 38.6 Å². The van der Waals surface area contributed by atoms with Crippen LogP contribution in [0.15, 0.2) is 0 Å². The molecule has 2 rings (SSSR count). The van der Waals surface area contributed by atoms with Gasteiger partial charge in [0.1, 0.15) is 0 Å². The number of carbonyl (C=O) groups is 1. The molecule has 0 radical (unpaired) electrons. The van der Waals surface area contributed by atoms with Crippen LogP contribution in [0.1, 0.15) is 64.7 Å². The minimum absolute atomic E-state index is 0. The van der Waals surface area contributed by atoms with E-state index in [0.717, 1.165) is 38.8 Å². The van der Waals surface area contributed by atoms with Crippen LogP contribution < -0.4 is 10.6 Å². The summed E-state index contributed by atoms with van der Waals surface area (Å²) in [6.45, 7) is 4.70. The van der Waals surface area contributed by atoms with Gasteiger partial charge in [0.25, 0.3) is 0 Å². The van der Waals surface area contributed by atoms with Crippen molar-refractivity contribution in [2.75, 3.05) is 19.7 Å². The summed E-state index contributed by atoms with van der Waals surface area (Å²) in [5, 5.41) is 6.50. The molecule has 21 heavy (non-hydrogen) atoms. The lowest BCUT2D eigenvalue weighted by atomic mass is 9.84. The van der Waals surface area contributed by atoms with Crippen molar-refractivity contribution in [2.45, 2.75) is 76.4 Å². The molecule has 0 bridgehead atoms. The molecule has 4 nitrogen and oxygen atoms in total. The van der Waals surface area contributed by atoms with Gasteiger partial charge in [-0.1, -0.05) is 26.2 Å². The van der Waals surface area contributed by atoms with Gasteiger partial charge in [0.15, 0.2) is 0 Å². The summed E-state index contributed by atoms with van der Waals surface area (Å²) < 4.78 is 6.11. The molecule has 0 aromatic heterocycles. The first-order valence-electron chi connectivity index (χ1n) is 8.38. The lowest BCUT2D eigenvalue weighted by Crippen LogP contribution is -2.47. The van der Waals surface area contributed by atoms with Gasteiger partial charge >= 0.3 is 0 Å². The minimum Gasteiger partial charge on any atom is -0.373 e. The Labute approximate surface area is 135 Å². The summed E-state index contributed by atoms with van der Waals surface area (Å²) in [5.74, 6) is 0.175. The zero-order valence-electron chi connectivity index (χ0n) is 13.3. The zero-order chi connectivity index (χ0) is 14.3. The molecular weight excluding hydrogens is 288 g/mol. The SMILES string of the molecule is CCCOC1(CNC(=O)CC2CCCN2)CCCCC1.Cl. The Kier molecular flexibility index (Phi) is 8.60. The van der Waals surface area contributed by atoms with Crippen molar-refractivity contribution in [3.8, 4) is 0 Å². The van der Waals surface area contributed by atoms with E-state index in [4.69, 9.17) is 4.74 Å². The van der Waals surface area contributed by atoms with Crippen molar-refractivity contribution in [1.29, 1.82) is 0 Å². The quantitative estimate of drug-likeness (QED) is 0.759. The van der Waals surface area contributed by atoms with E-state index in [1.807, 2.05) is 0 Å². The van der Waals surface area contributed by atoms with E-state index in [1.165, 1.54) is 25.7 Å². The van der Waals surface area contributed by atoms with Gasteiger partial charge < -0.3 is 15.4 Å². The van der Waals surface area contributed by atoms with Crippen LogP contribution in [0.5, 0.6) is 0 Å². The number of carbonyl (C=O) groups excluding carboxylic acids is 1. The fourth-order valence-corrected chi connectivity index (χ4v) is 3.37. The first-order valence-corrected chi connectivity index (χ1v) is 8.38. The molecule has 124 valence electrons. The van der Waals surface area contributed by atoms with Crippen molar-refractivity contribution < 1.29 is 9.53 Å². The molecule has 1 saturated carbocycles. The fraction of sp³-hybridized carbons (Fsp3) is 0.938. The molecule has 1 atom stereocenters. The smallest absolute Gasteiger partial charge is 0.221 e. The van der Waals surface area contributed by atoms with Crippen molar-refractivity contribution in [3.05, 3.63) is 0 Å². The highest BCUT2D eigenvalue weighted by Gasteiger charge is 2.33. The maximum absolute atomic E-state index is 12.1. The minimum atomic E-state index is -0.0903. The van der Waals surface area contributed by atoms with Crippen molar-refractivity contribution in [1.82, 2.24) is 10.6 Å². The van der Waals surface area contributed by atoms with Crippen LogP contribution in [-0.4, -0.2) is 37.2 Å². The molecule has 0 aromatic carbocycles. The van der Waals surface area contributed by atoms with Crippen LogP contribution in [0.3, 0.4) is 0 Å². The third kappa shape index (κ3) is 6.13. The maximum atomic E-state index is 12.1. The van der Waals surface area contributed by atoms with Crippen LogP contribution in [-0.2, 0) is 9.53 Å². The van der Waals surface area contributed by atoms with E-state index < -0.39 is 0 Å². The Balaban J connectivity index is 0.00000220. The number of nitrogens with one attached hydrogen (secondary N) is 2. The second-order valence-corrected chi connectivity index (χ2v) is 6.37. The summed E-state index contributed by atoms with van der Waals surface area (Å²) in [6, 6.07) is 0.383. The lowest BCUT2D eigenvalue weighted by molar-refractivity contribution is -0.124. The van der Waals surface area contributed by atoms with Crippen LogP contribution in [0.2, 0.25) is 0 Å². The molecule has 0 aromatic rings. The van der Waals surface area contributed by atoms with Gasteiger partial charge in [-0.25, -0.2) is 0 Å². The van der Waals surface area contributed by atoms with Crippen molar-refractivity contribution in [3.63, 3.8) is 0 Å². The highest BCUT2D eigenvalue weighted by Crippen LogP contribution is 2.31. The summed E-state index contributed by atoms with van der Waals surface area (Å²) in [5.41, 5.74) is -0.0903. The van der Waals surface area contributed by atoms with Crippen LogP contribution >= 0.6 is 12.4 Å². The third-order valence-electron chi connectivity index (χ3n) is 4.58. The number of hydrogen-bond acceptors (Lipinski definition) is 3. The number of halogens is 1. The molecular formula is C16H31ClN2O2. The molecule has 1 saturated heterocycles. The molecule has 2 fully saturated rings. The fourth-order valence-electron chi connectivity index (χ4n) is 3.37. The molecule has 1 aliphatic heterocycles. The van der Waals surface area contributed by atoms with Crippen molar-refractivity contribution >= 4 is 18.3 Å². The molecule has 0 spiro atoms. The molecule has 1 aliphatic carbocycles. The topological polar surface area (TPSA) is 50.4 Å². The summed E-state index contributed by atoms with van der Waals surface area (Å²) in [6.07, 6.45) is 9.92. The monoisotopic (exact) mass is 318 g/mol. The van der Waals surface area contributed by atoms with Crippen LogP contribution in [0.25, 0.3) is 0 Å². The van der Waals surface area contributed by atoms with Crippen LogP contribution in [0.4, 0.5) is 0 Å². The molecule has 2 aliphatic rings. The highest BCUT2D eigenvalue weighted by molar-refractivity contribution is 5.85. The van der Waals surface area contributed by atoms with Gasteiger partial charge in [0.2, 0.25) is 5.91 Å². The first kappa shape index (κ1) is 18.7. The number of hydrogen-bond donors (Lipinski definition) is 2. The van der Waals surface area contributed by atoms with E-state index >= 15 is 0 Å². The molecule has 1 unspecified atom stereocenters. The van der Waals surface area contributed by atoms with Gasteiger partial charge in [-0.3, -0.25) is 4.79 Å². The Hall–Kier alpha value is -0.320. The average Bonchev–Trinajstić information content (AvgIpc) is 2.97. The summed E-state index contributed by atoms with van der Waals surface area (Å²) >= 11 is 0. The predicted octanol–water partition coefficient (Wildman–Crippen LogP) is 2.80. The Bertz CT molecular complexity index is 301. The van der Waals surface area contributed by atoms with E-state index in [0.29, 0.717) is 19.0 Å². The van der Waals surface area contributed by atoms with E-state index in [2.05, 4.69) is 17.6 Å². The van der Waals surface area contributed by atoms with E-state index in [9.17, 15) is 4.79 Å². The Morgan fingerprint density at radius 1 is 1.29 bits per heavy atom. The normalized spacial score (nSPS) is 24.3. The number of rotatable bonds is 7. The average molecular weight is 319 g/mol. The van der Waals surface area contributed by atoms with E-state index in [-0.39, 0.29) is 23.9 Å². The zero-order valence-corrected chi connectivity index (χ0v) is 14.1. The second-order valence-electron chi connectivity index (χ2n) is 6.37. The Morgan fingerprint density at radius 3 is 2.67 bits per heavy atom. The highest BCUT2D eigenvalue weighted by atomic mass is 35.5. The lowest BCUT2D eigenvalue weighted by Gasteiger charge is -2.37. The number of amides is 1. The van der Waals surface area contributed by atoms with Gasteiger partial charge in [-0.15, -0.1) is 12.4 Å². The molecule has 2 N–H and O–H groups in total. The summed E-state index contributed by atoms with van der Waals surface area (Å²) in [7, 11) is 0. The first-order chi connectivity index (χ1) is 9.74. The molecule has 5 heteroatoms. The van der Waals surface area contributed by atoms with Gasteiger partial charge in [0, 0.05) is 25.6 Å². The number of ether oxygens (including phenoxy) is 1. The predicted molar refractivity (Wildman–Crippen MR) is 88.0 cm³/mol. The van der Waals surface area contributed by atoms with Gasteiger partial charge in [-0.2, -0.15) is 0 Å². The molecule has 1 heterocycles. The standard InChI is InChI=1S/C16H30N2O2.ClH/c1-2-11-20-16(8-4-3-5-9-16)13-18-15(19)12-14-7-6-10-17-14;/h14,17H,2-13H2,1H3,(H,18,19);1H. The third-order valence-corrected chi connectivity index (χ3v) is 4.58. The van der Waals surface area contributed by atoms with E-state index in [1.54, 1.807) is 0 Å². The van der Waals surface area contributed by atoms with Crippen molar-refractivity contribution in [2.24, 2.45) is 0 Å². The maximum Gasteiger partial charge on any atom is 0.221 e. The summed E-state index contributed by atoms with van der Waals surface area (Å²) in [4.78, 5) is 12.1. The Morgan fingerprint density at radius 2 is 2.05 bits per heavy atom. The largest absolute Gasteiger partial charge is 0.373 e. The second kappa shape index (κ2) is 9.65. The van der Waals surface area contributed by atoms with Gasteiger partial charge in [0.05, 0.1) is 5.60 Å². The molecule has 1 amide bonds.